The van der Waals surface area contributed by atoms with E-state index in [-0.39, 0.29) is 16.9 Å². The highest BCUT2D eigenvalue weighted by atomic mass is 19.1. The number of carbonyl (C=O) groups is 1. The van der Waals surface area contributed by atoms with Gasteiger partial charge < -0.3 is 11.1 Å². The van der Waals surface area contributed by atoms with Crippen LogP contribution in [0, 0.1) is 17.0 Å². The molecule has 0 saturated heterocycles. The second-order valence-electron chi connectivity index (χ2n) is 7.74. The van der Waals surface area contributed by atoms with Crippen molar-refractivity contribution in [3.63, 3.8) is 0 Å². The van der Waals surface area contributed by atoms with Crippen molar-refractivity contribution in [2.75, 3.05) is 10.6 Å². The molecule has 3 aromatic rings. The smallest absolute Gasteiger partial charge is 0.324 e. The van der Waals surface area contributed by atoms with Crippen LogP contribution in [0.25, 0.3) is 5.69 Å². The summed E-state index contributed by atoms with van der Waals surface area (Å²) in [7, 11) is 0. The molecule has 0 aliphatic carbocycles. The highest BCUT2D eigenvalue weighted by molar-refractivity contribution is 5.99. The average molecular weight is 412 g/mol. The summed E-state index contributed by atoms with van der Waals surface area (Å²) in [6, 6.07) is 10.5. The van der Waals surface area contributed by atoms with Crippen molar-refractivity contribution in [3.8, 4) is 5.69 Å². The predicted molar refractivity (Wildman–Crippen MR) is 112 cm³/mol. The van der Waals surface area contributed by atoms with Crippen LogP contribution in [-0.4, -0.2) is 21.6 Å². The second-order valence-corrected chi connectivity index (χ2v) is 7.74. The quantitative estimate of drug-likeness (QED) is 0.377. The largest absolute Gasteiger partial charge is 0.384 e. The molecule has 1 heterocycles. The van der Waals surface area contributed by atoms with Crippen LogP contribution in [0.2, 0.25) is 0 Å². The number of amidine groups is 1. The van der Waals surface area contributed by atoms with E-state index >= 15 is 0 Å². The van der Waals surface area contributed by atoms with E-state index in [0.29, 0.717) is 22.8 Å². The van der Waals surface area contributed by atoms with Crippen molar-refractivity contribution >= 4 is 23.4 Å². The Morgan fingerprint density at radius 1 is 1.10 bits per heavy atom. The molecule has 0 saturated carbocycles. The molecule has 156 valence electrons. The first-order valence-electron chi connectivity index (χ1n) is 9.13. The highest BCUT2D eigenvalue weighted by Crippen LogP contribution is 2.27. The Bertz CT molecular complexity index is 1120. The first-order chi connectivity index (χ1) is 14.0. The molecule has 0 atom stereocenters. The number of rotatable bonds is 4. The van der Waals surface area contributed by atoms with Gasteiger partial charge in [-0.1, -0.05) is 32.9 Å². The molecule has 5 N–H and O–H groups in total. The molecular weight excluding hydrogens is 390 g/mol. The molecule has 0 unspecified atom stereocenters. The third kappa shape index (κ3) is 4.62. The van der Waals surface area contributed by atoms with Crippen molar-refractivity contribution < 1.29 is 13.6 Å². The van der Waals surface area contributed by atoms with Gasteiger partial charge in [-0.05, 0) is 24.3 Å². The van der Waals surface area contributed by atoms with Crippen LogP contribution in [0.4, 0.5) is 25.1 Å². The number of carbonyl (C=O) groups excluding carboxylic acids is 1. The molecule has 30 heavy (non-hydrogen) atoms. The Kier molecular flexibility index (Phi) is 5.55. The number of urea groups is 1. The van der Waals surface area contributed by atoms with E-state index in [2.05, 4.69) is 15.7 Å². The van der Waals surface area contributed by atoms with Crippen LogP contribution in [0.3, 0.4) is 0 Å². The van der Waals surface area contributed by atoms with Gasteiger partial charge in [0.25, 0.3) is 0 Å². The number of hydrogen-bond acceptors (Lipinski definition) is 3. The molecule has 2 amide bonds. The molecule has 1 aromatic heterocycles. The summed E-state index contributed by atoms with van der Waals surface area (Å²) in [6.45, 7) is 5.91. The number of nitrogens with one attached hydrogen (secondary N) is 3. The molecule has 7 nitrogen and oxygen atoms in total. The molecule has 0 fully saturated rings. The summed E-state index contributed by atoms with van der Waals surface area (Å²) in [5.41, 5.74) is 6.74. The molecule has 0 aliphatic heterocycles. The number of benzene rings is 2. The van der Waals surface area contributed by atoms with E-state index in [4.69, 9.17) is 11.1 Å². The van der Waals surface area contributed by atoms with Gasteiger partial charge in [-0.25, -0.2) is 18.3 Å². The Labute approximate surface area is 172 Å². The minimum atomic E-state index is -0.760. The van der Waals surface area contributed by atoms with Gasteiger partial charge >= 0.3 is 6.03 Å². The van der Waals surface area contributed by atoms with Crippen molar-refractivity contribution in [2.45, 2.75) is 26.2 Å². The molecule has 2 aromatic carbocycles. The maximum Gasteiger partial charge on any atom is 0.324 e. The van der Waals surface area contributed by atoms with Crippen LogP contribution in [0.1, 0.15) is 32.0 Å². The number of nitrogens with zero attached hydrogens (tertiary/aromatic N) is 2. The number of nitrogen functional groups attached to an aromatic ring is 1. The minimum absolute atomic E-state index is 0.103. The molecule has 3 rings (SSSR count). The van der Waals surface area contributed by atoms with E-state index in [1.807, 2.05) is 20.8 Å². The van der Waals surface area contributed by atoms with Crippen LogP contribution in [0.5, 0.6) is 0 Å². The number of hydrogen-bond donors (Lipinski definition) is 4. The van der Waals surface area contributed by atoms with Gasteiger partial charge in [0.2, 0.25) is 0 Å². The van der Waals surface area contributed by atoms with E-state index in [9.17, 15) is 13.6 Å². The summed E-state index contributed by atoms with van der Waals surface area (Å²) < 4.78 is 28.7. The number of halogens is 2. The first-order valence-corrected chi connectivity index (χ1v) is 9.13. The number of anilines is 2. The van der Waals surface area contributed by atoms with Crippen molar-refractivity contribution in [1.29, 1.82) is 5.41 Å². The summed E-state index contributed by atoms with van der Waals surface area (Å²) in [6.07, 6.45) is 0. The van der Waals surface area contributed by atoms with Gasteiger partial charge in [-0.2, -0.15) is 5.10 Å². The van der Waals surface area contributed by atoms with Gasteiger partial charge in [0.05, 0.1) is 17.1 Å². The summed E-state index contributed by atoms with van der Waals surface area (Å²) >= 11 is 0. The minimum Gasteiger partial charge on any atom is -0.384 e. The summed E-state index contributed by atoms with van der Waals surface area (Å²) in [5, 5.41) is 17.1. The summed E-state index contributed by atoms with van der Waals surface area (Å²) in [5.74, 6) is -1.22. The monoisotopic (exact) mass is 412 g/mol. The zero-order chi connectivity index (χ0) is 22.1. The van der Waals surface area contributed by atoms with Crippen LogP contribution in [-0.2, 0) is 5.41 Å². The average Bonchev–Trinajstić information content (AvgIpc) is 3.09. The topological polar surface area (TPSA) is 109 Å². The fourth-order valence-electron chi connectivity index (χ4n) is 2.70. The molecule has 0 spiro atoms. The maximum absolute atomic E-state index is 13.8. The number of aromatic nitrogens is 2. The molecular formula is C21H22F2N6O. The van der Waals surface area contributed by atoms with E-state index < -0.39 is 17.7 Å². The zero-order valence-corrected chi connectivity index (χ0v) is 16.8. The van der Waals surface area contributed by atoms with Gasteiger partial charge in [0.15, 0.2) is 0 Å². The van der Waals surface area contributed by atoms with Crippen molar-refractivity contribution in [3.05, 3.63) is 71.4 Å². The second kappa shape index (κ2) is 7.94. The molecule has 9 heteroatoms. The lowest BCUT2D eigenvalue weighted by molar-refractivity contribution is 0.262. The Morgan fingerprint density at radius 3 is 2.50 bits per heavy atom. The fourth-order valence-corrected chi connectivity index (χ4v) is 2.70. The van der Waals surface area contributed by atoms with Gasteiger partial charge in [0, 0.05) is 23.1 Å². The summed E-state index contributed by atoms with van der Waals surface area (Å²) in [4.78, 5) is 12.5. The normalized spacial score (nSPS) is 11.2. The maximum atomic E-state index is 13.8. The predicted octanol–water partition coefficient (Wildman–Crippen LogP) is 4.38. The Morgan fingerprint density at radius 2 is 1.83 bits per heavy atom. The lowest BCUT2D eigenvalue weighted by Gasteiger charge is -2.14. The van der Waals surface area contributed by atoms with Gasteiger partial charge in [-0.15, -0.1) is 0 Å². The van der Waals surface area contributed by atoms with Gasteiger partial charge in [0.1, 0.15) is 23.3 Å². The lowest BCUT2D eigenvalue weighted by atomic mass is 9.92. The Balaban J connectivity index is 1.96. The van der Waals surface area contributed by atoms with E-state index in [1.165, 1.54) is 4.68 Å². The Hall–Kier alpha value is -3.75. The van der Waals surface area contributed by atoms with Crippen LogP contribution < -0.4 is 16.4 Å². The van der Waals surface area contributed by atoms with Crippen LogP contribution in [0.15, 0.2) is 48.5 Å². The standard InChI is InChI=1S/C21H22F2N6O/c1-21(2,3)17-11-18(27-20(30)26-16-10-13(22)7-8-15(16)23)29(28-17)14-6-4-5-12(9-14)19(24)25/h4-11H,1-3H3,(H3,24,25)(H2,26,27,30). The van der Waals surface area contributed by atoms with Crippen molar-refractivity contribution in [1.82, 2.24) is 9.78 Å². The third-order valence-electron chi connectivity index (χ3n) is 4.30. The zero-order valence-electron chi connectivity index (χ0n) is 16.8. The SMILES string of the molecule is CC(C)(C)c1cc(NC(=O)Nc2cc(F)ccc2F)n(-c2cccc(C(=N)N)c2)n1. The molecule has 0 bridgehead atoms. The molecule has 0 aliphatic rings. The lowest BCUT2D eigenvalue weighted by Crippen LogP contribution is -2.22. The van der Waals surface area contributed by atoms with Crippen LogP contribution >= 0.6 is 0 Å². The fraction of sp³-hybridized carbons (Fsp3) is 0.190. The highest BCUT2D eigenvalue weighted by Gasteiger charge is 2.22. The number of amides is 2. The van der Waals surface area contributed by atoms with E-state index in [1.54, 1.807) is 30.3 Å². The first kappa shape index (κ1) is 21.0. The van der Waals surface area contributed by atoms with E-state index in [0.717, 1.165) is 18.2 Å². The van der Waals surface area contributed by atoms with Crippen molar-refractivity contribution in [2.24, 2.45) is 5.73 Å². The molecule has 0 radical (unpaired) electrons. The number of nitrogens with two attached hydrogens (primary N) is 1. The van der Waals surface area contributed by atoms with Gasteiger partial charge in [-0.3, -0.25) is 10.7 Å². The third-order valence-corrected chi connectivity index (χ3v) is 4.30.